The van der Waals surface area contributed by atoms with E-state index in [2.05, 4.69) is 4.72 Å². The topological polar surface area (TPSA) is 134 Å². The van der Waals surface area contributed by atoms with E-state index in [1.54, 1.807) is 32.9 Å². The highest BCUT2D eigenvalue weighted by Gasteiger charge is 2.54. The van der Waals surface area contributed by atoms with Crippen LogP contribution in [0.2, 0.25) is 0 Å². The van der Waals surface area contributed by atoms with Gasteiger partial charge in [-0.25, -0.2) is 8.42 Å². The second-order valence-electron chi connectivity index (χ2n) is 7.40. The Morgan fingerprint density at radius 2 is 1.55 bits per heavy atom. The average Bonchev–Trinajstić information content (AvgIpc) is 2.70. The fraction of sp³-hybridized carbons (Fsp3) is 0.700. The molecule has 0 amide bonds. The van der Waals surface area contributed by atoms with E-state index in [1.165, 1.54) is 19.1 Å². The molecule has 13 heteroatoms. The summed E-state index contributed by atoms with van der Waals surface area (Å²) in [6.45, 7) is 8.37. The van der Waals surface area contributed by atoms with Crippen LogP contribution in [0.3, 0.4) is 0 Å². The maximum atomic E-state index is 14.3. The van der Waals surface area contributed by atoms with Crippen molar-refractivity contribution in [1.29, 1.82) is 0 Å². The monoisotopic (exact) mass is 529 g/mol. The lowest BCUT2D eigenvalue weighted by Gasteiger charge is -2.40. The average molecular weight is 530 g/mol. The molecule has 2 atom stereocenters. The van der Waals surface area contributed by atoms with Crippen LogP contribution in [-0.4, -0.2) is 60.8 Å². The molecule has 0 saturated heterocycles. The highest BCUT2D eigenvalue weighted by molar-refractivity contribution is 7.90. The van der Waals surface area contributed by atoms with Crippen molar-refractivity contribution in [1.82, 2.24) is 4.72 Å². The molecule has 0 heterocycles. The lowest BCUT2D eigenvalue weighted by molar-refractivity contribution is -0.168. The predicted molar refractivity (Wildman–Crippen MR) is 126 cm³/mol. The first-order valence-corrected chi connectivity index (χ1v) is 15.7. The van der Waals surface area contributed by atoms with E-state index >= 15 is 0 Å². The molecule has 1 N–H and O–H groups in total. The molecule has 33 heavy (non-hydrogen) atoms. The first-order chi connectivity index (χ1) is 15.2. The Hall–Kier alpha value is -0.850. The van der Waals surface area contributed by atoms with Crippen molar-refractivity contribution in [3.63, 3.8) is 0 Å². The van der Waals surface area contributed by atoms with E-state index in [4.69, 9.17) is 18.2 Å². The summed E-state index contributed by atoms with van der Waals surface area (Å²) in [6, 6.07) is 6.18. The van der Waals surface area contributed by atoms with Gasteiger partial charge in [-0.2, -0.15) is 13.1 Å². The van der Waals surface area contributed by atoms with Crippen LogP contribution in [0.15, 0.2) is 29.2 Å². The van der Waals surface area contributed by atoms with Crippen molar-refractivity contribution in [2.24, 2.45) is 0 Å². The summed E-state index contributed by atoms with van der Waals surface area (Å²) in [6.07, 6.45) is 0.949. The Labute approximate surface area is 198 Å². The Balaban J connectivity index is 3.42. The number of hydrogen-bond donors (Lipinski definition) is 1. The van der Waals surface area contributed by atoms with Gasteiger partial charge in [0.05, 0.1) is 24.4 Å². The first kappa shape index (κ1) is 30.2. The molecular weight excluding hydrogens is 493 g/mol. The zero-order valence-electron chi connectivity index (χ0n) is 20.1. The SMILES string of the molecule is CCOC(C)(OCC)[P@@](=O)(OCC)[C@H](CCCOS(C)(=O)=O)NS(=O)(=O)c1ccc(C)cc1. The van der Waals surface area contributed by atoms with Gasteiger partial charge in [0, 0.05) is 13.2 Å². The highest BCUT2D eigenvalue weighted by atomic mass is 32.2. The van der Waals surface area contributed by atoms with Crippen molar-refractivity contribution in [3.8, 4) is 0 Å². The van der Waals surface area contributed by atoms with Crippen LogP contribution >= 0.6 is 7.37 Å². The normalized spacial score (nSPS) is 15.8. The van der Waals surface area contributed by atoms with Gasteiger partial charge in [0.25, 0.3) is 17.5 Å². The van der Waals surface area contributed by atoms with Crippen LogP contribution in [0.4, 0.5) is 0 Å². The zero-order valence-corrected chi connectivity index (χ0v) is 22.6. The molecule has 0 bridgehead atoms. The third kappa shape index (κ3) is 8.70. The molecule has 1 aromatic carbocycles. The fourth-order valence-electron chi connectivity index (χ4n) is 3.19. The summed E-state index contributed by atoms with van der Waals surface area (Å²) in [7, 11) is -11.8. The molecule has 192 valence electrons. The maximum absolute atomic E-state index is 14.3. The van der Waals surface area contributed by atoms with E-state index in [9.17, 15) is 21.4 Å². The smallest absolute Gasteiger partial charge is 0.277 e. The summed E-state index contributed by atoms with van der Waals surface area (Å²) < 4.78 is 87.5. The molecule has 1 rings (SSSR count). The van der Waals surface area contributed by atoms with Crippen molar-refractivity contribution in [2.75, 3.05) is 32.7 Å². The van der Waals surface area contributed by atoms with Crippen molar-refractivity contribution in [3.05, 3.63) is 29.8 Å². The minimum atomic E-state index is -4.11. The van der Waals surface area contributed by atoms with Gasteiger partial charge in [-0.15, -0.1) is 0 Å². The number of aryl methyl sites for hydroxylation is 1. The quantitative estimate of drug-likeness (QED) is 0.148. The van der Waals surface area contributed by atoms with Gasteiger partial charge >= 0.3 is 0 Å². The lowest BCUT2D eigenvalue weighted by Crippen LogP contribution is -2.44. The molecule has 0 unspecified atom stereocenters. The van der Waals surface area contributed by atoms with Gasteiger partial charge < -0.3 is 14.0 Å². The van der Waals surface area contributed by atoms with E-state index in [1.807, 2.05) is 6.92 Å². The van der Waals surface area contributed by atoms with Crippen LogP contribution in [0.5, 0.6) is 0 Å². The molecule has 0 aliphatic heterocycles. The van der Waals surface area contributed by atoms with Crippen LogP contribution in [0, 0.1) is 6.92 Å². The third-order valence-electron chi connectivity index (χ3n) is 4.66. The van der Waals surface area contributed by atoms with Crippen molar-refractivity contribution in [2.45, 2.75) is 63.7 Å². The molecule has 0 aliphatic carbocycles. The van der Waals surface area contributed by atoms with E-state index < -0.39 is 38.8 Å². The van der Waals surface area contributed by atoms with Gasteiger partial charge in [-0.1, -0.05) is 17.7 Å². The Morgan fingerprint density at radius 3 is 2.00 bits per heavy atom. The van der Waals surface area contributed by atoms with Gasteiger partial charge in [0.15, 0.2) is 0 Å². The standard InChI is InChI=1S/C20H36NO9PS2/c1-7-27-20(5,28-8-2)31(22,29-9-3)19(11-10-16-30-32(6,23)24)21-33(25,26)18-14-12-17(4)13-15-18/h12-15,19,21H,7-11,16H2,1-6H3/t19-,31+/m1/s1. The van der Waals surface area contributed by atoms with Gasteiger partial charge in [-0.05, 0) is 59.6 Å². The summed E-state index contributed by atoms with van der Waals surface area (Å²) in [5, 5.41) is 0. The molecule has 0 radical (unpaired) electrons. The van der Waals surface area contributed by atoms with E-state index in [0.29, 0.717) is 0 Å². The minimum Gasteiger partial charge on any atom is -0.342 e. The van der Waals surface area contributed by atoms with Crippen LogP contribution in [0.25, 0.3) is 0 Å². The highest BCUT2D eigenvalue weighted by Crippen LogP contribution is 2.64. The fourth-order valence-corrected chi connectivity index (χ4v) is 8.19. The molecule has 1 aromatic rings. The number of benzene rings is 1. The largest absolute Gasteiger partial charge is 0.342 e. The molecule has 10 nitrogen and oxygen atoms in total. The lowest BCUT2D eigenvalue weighted by atomic mass is 10.2. The Kier molecular flexibility index (Phi) is 11.6. The van der Waals surface area contributed by atoms with Crippen molar-refractivity contribution < 1.29 is 39.6 Å². The second-order valence-corrected chi connectivity index (χ2v) is 13.6. The predicted octanol–water partition coefficient (Wildman–Crippen LogP) is 3.42. The first-order valence-electron chi connectivity index (χ1n) is 10.7. The van der Waals surface area contributed by atoms with Gasteiger partial charge in [0.1, 0.15) is 5.78 Å². The van der Waals surface area contributed by atoms with Gasteiger partial charge in [-0.3, -0.25) is 8.75 Å². The van der Waals surface area contributed by atoms with Crippen LogP contribution < -0.4 is 4.72 Å². The number of ether oxygens (including phenoxy) is 2. The summed E-state index contributed by atoms with van der Waals surface area (Å²) in [5.41, 5.74) is -0.853. The van der Waals surface area contributed by atoms with Crippen LogP contribution in [0.1, 0.15) is 46.1 Å². The Bertz CT molecular complexity index is 989. The van der Waals surface area contributed by atoms with E-state index in [-0.39, 0.29) is 44.2 Å². The third-order valence-corrected chi connectivity index (χ3v) is 10.2. The Morgan fingerprint density at radius 1 is 1.00 bits per heavy atom. The van der Waals surface area contributed by atoms with Crippen molar-refractivity contribution >= 4 is 27.5 Å². The summed E-state index contributed by atoms with van der Waals surface area (Å²) in [5.74, 6) is -1.27. The molecular formula is C20H36NO9PS2. The number of nitrogens with one attached hydrogen (secondary N) is 1. The van der Waals surface area contributed by atoms with E-state index in [0.717, 1.165) is 11.8 Å². The molecule has 0 aromatic heterocycles. The second kappa shape index (κ2) is 12.7. The zero-order chi connectivity index (χ0) is 25.3. The minimum absolute atomic E-state index is 0.00954. The number of rotatable bonds is 16. The molecule has 0 saturated carbocycles. The summed E-state index contributed by atoms with van der Waals surface area (Å²) in [4.78, 5) is -0.0111. The van der Waals surface area contributed by atoms with Gasteiger partial charge in [0.2, 0.25) is 15.6 Å². The molecule has 0 aliphatic rings. The molecule has 0 fully saturated rings. The number of hydrogen-bond acceptors (Lipinski definition) is 9. The maximum Gasteiger partial charge on any atom is 0.277 e. The number of sulfonamides is 1. The summed E-state index contributed by atoms with van der Waals surface area (Å²) >= 11 is 0. The molecule has 0 spiro atoms. The van der Waals surface area contributed by atoms with Crippen LogP contribution in [-0.2, 0) is 42.9 Å².